The van der Waals surface area contributed by atoms with Crippen molar-refractivity contribution in [2.24, 2.45) is 11.7 Å². The summed E-state index contributed by atoms with van der Waals surface area (Å²) in [5, 5.41) is 0. The first-order valence-corrected chi connectivity index (χ1v) is 7.84. The molecular weight excluding hydrogens is 307 g/mol. The number of rotatable bonds is 7. The highest BCUT2D eigenvalue weighted by atomic mass is 79.9. The molecule has 4 heteroatoms. The zero-order chi connectivity index (χ0) is 13.8. The molecule has 0 saturated heterocycles. The molecule has 1 aliphatic rings. The number of nitrogens with zero attached hydrogens (tertiary/aromatic N) is 1. The molecule has 2 rings (SSSR count). The van der Waals surface area contributed by atoms with E-state index >= 15 is 0 Å². The molecule has 2 N–H and O–H groups in total. The van der Waals surface area contributed by atoms with Gasteiger partial charge < -0.3 is 5.73 Å². The van der Waals surface area contributed by atoms with Crippen molar-refractivity contribution in [2.45, 2.75) is 32.2 Å². The fourth-order valence-corrected chi connectivity index (χ4v) is 2.92. The van der Waals surface area contributed by atoms with Gasteiger partial charge in [-0.1, -0.05) is 22.9 Å². The average molecular weight is 329 g/mol. The van der Waals surface area contributed by atoms with Gasteiger partial charge in [-0.3, -0.25) is 4.90 Å². The average Bonchev–Trinajstić information content (AvgIpc) is 3.18. The van der Waals surface area contributed by atoms with Crippen LogP contribution in [0.3, 0.4) is 0 Å². The van der Waals surface area contributed by atoms with Gasteiger partial charge in [-0.2, -0.15) is 0 Å². The van der Waals surface area contributed by atoms with Crippen LogP contribution >= 0.6 is 15.9 Å². The van der Waals surface area contributed by atoms with Crippen LogP contribution in [0.1, 0.15) is 37.8 Å². The van der Waals surface area contributed by atoms with Crippen molar-refractivity contribution in [3.05, 3.63) is 34.1 Å². The first-order chi connectivity index (χ1) is 9.15. The van der Waals surface area contributed by atoms with Crippen LogP contribution in [0.2, 0.25) is 0 Å². The molecule has 0 heterocycles. The lowest BCUT2D eigenvalue weighted by atomic mass is 10.0. The second-order valence-electron chi connectivity index (χ2n) is 5.36. The zero-order valence-electron chi connectivity index (χ0n) is 11.4. The number of halogens is 2. The molecule has 0 aromatic heterocycles. The molecule has 2 nitrogen and oxygen atoms in total. The highest BCUT2D eigenvalue weighted by molar-refractivity contribution is 9.10. The van der Waals surface area contributed by atoms with Crippen LogP contribution in [0.15, 0.2) is 22.7 Å². The van der Waals surface area contributed by atoms with E-state index in [-0.39, 0.29) is 11.9 Å². The Balaban J connectivity index is 2.21. The van der Waals surface area contributed by atoms with E-state index in [2.05, 4.69) is 27.8 Å². The maximum Gasteiger partial charge on any atom is 0.128 e. The molecule has 1 aromatic carbocycles. The van der Waals surface area contributed by atoms with Crippen LogP contribution < -0.4 is 5.73 Å². The Hall–Kier alpha value is -0.450. The fourth-order valence-electron chi connectivity index (χ4n) is 2.54. The van der Waals surface area contributed by atoms with Gasteiger partial charge in [0.25, 0.3) is 0 Å². The molecule has 19 heavy (non-hydrogen) atoms. The third kappa shape index (κ3) is 4.01. The second-order valence-corrected chi connectivity index (χ2v) is 6.27. The summed E-state index contributed by atoms with van der Waals surface area (Å²) in [5.74, 6) is 0.631. The Morgan fingerprint density at radius 3 is 2.79 bits per heavy atom. The molecule has 1 atom stereocenters. The molecule has 1 saturated carbocycles. The van der Waals surface area contributed by atoms with Crippen LogP contribution in [-0.2, 0) is 0 Å². The summed E-state index contributed by atoms with van der Waals surface area (Å²) < 4.78 is 15.0. The van der Waals surface area contributed by atoms with Crippen molar-refractivity contribution in [3.63, 3.8) is 0 Å². The van der Waals surface area contributed by atoms with E-state index in [1.165, 1.54) is 18.9 Å². The van der Waals surface area contributed by atoms with E-state index in [4.69, 9.17) is 5.73 Å². The fraction of sp³-hybridized carbons (Fsp3) is 0.600. The normalized spacial score (nSPS) is 16.9. The minimum Gasteiger partial charge on any atom is -0.329 e. The van der Waals surface area contributed by atoms with E-state index in [0.717, 1.165) is 29.9 Å². The van der Waals surface area contributed by atoms with Gasteiger partial charge in [0, 0.05) is 29.2 Å². The Kier molecular flexibility index (Phi) is 5.37. The van der Waals surface area contributed by atoms with Crippen molar-refractivity contribution in [1.82, 2.24) is 4.90 Å². The smallest absolute Gasteiger partial charge is 0.128 e. The van der Waals surface area contributed by atoms with Gasteiger partial charge in [-0.25, -0.2) is 4.39 Å². The standard InChI is InChI=1S/C15H22BrFN2/c1-2-7-19(10-11-3-4-11)15(9-18)13-8-12(16)5-6-14(13)17/h5-6,8,11,15H,2-4,7,9-10,18H2,1H3. The maximum atomic E-state index is 14.1. The Morgan fingerprint density at radius 1 is 1.47 bits per heavy atom. The number of hydrogen-bond donors (Lipinski definition) is 1. The molecule has 1 aliphatic carbocycles. The van der Waals surface area contributed by atoms with Crippen LogP contribution in [0.25, 0.3) is 0 Å². The van der Waals surface area contributed by atoms with E-state index in [9.17, 15) is 4.39 Å². The topological polar surface area (TPSA) is 29.3 Å². The van der Waals surface area contributed by atoms with Gasteiger partial charge in [-0.05, 0) is 49.9 Å². The van der Waals surface area contributed by atoms with E-state index < -0.39 is 0 Å². The quantitative estimate of drug-likeness (QED) is 0.826. The Labute approximate surface area is 123 Å². The molecule has 1 fully saturated rings. The molecule has 0 spiro atoms. The molecule has 0 aliphatic heterocycles. The van der Waals surface area contributed by atoms with Crippen molar-refractivity contribution in [3.8, 4) is 0 Å². The lowest BCUT2D eigenvalue weighted by Crippen LogP contribution is -2.36. The van der Waals surface area contributed by atoms with Crippen LogP contribution in [0.5, 0.6) is 0 Å². The largest absolute Gasteiger partial charge is 0.329 e. The summed E-state index contributed by atoms with van der Waals surface area (Å²) in [6.07, 6.45) is 3.68. The number of benzene rings is 1. The van der Waals surface area contributed by atoms with Crippen molar-refractivity contribution < 1.29 is 4.39 Å². The minimum absolute atomic E-state index is 0.0157. The Bertz CT molecular complexity index is 421. The second kappa shape index (κ2) is 6.82. The van der Waals surface area contributed by atoms with Crippen molar-refractivity contribution >= 4 is 15.9 Å². The van der Waals surface area contributed by atoms with E-state index in [0.29, 0.717) is 12.1 Å². The van der Waals surface area contributed by atoms with Crippen LogP contribution in [-0.4, -0.2) is 24.5 Å². The minimum atomic E-state index is -0.157. The summed E-state index contributed by atoms with van der Waals surface area (Å²) in [6, 6.07) is 5.10. The monoisotopic (exact) mass is 328 g/mol. The third-order valence-electron chi connectivity index (χ3n) is 3.68. The van der Waals surface area contributed by atoms with E-state index in [1.807, 2.05) is 6.07 Å². The van der Waals surface area contributed by atoms with Gasteiger partial charge in [0.05, 0.1) is 0 Å². The van der Waals surface area contributed by atoms with Crippen LogP contribution in [0, 0.1) is 11.7 Å². The molecule has 106 valence electrons. The summed E-state index contributed by atoms with van der Waals surface area (Å²) in [4.78, 5) is 2.35. The summed E-state index contributed by atoms with van der Waals surface area (Å²) in [5.41, 5.74) is 6.64. The first-order valence-electron chi connectivity index (χ1n) is 7.04. The zero-order valence-corrected chi connectivity index (χ0v) is 13.0. The SMILES string of the molecule is CCCN(CC1CC1)C(CN)c1cc(Br)ccc1F. The van der Waals surface area contributed by atoms with Crippen molar-refractivity contribution in [1.29, 1.82) is 0 Å². The summed E-state index contributed by atoms with van der Waals surface area (Å²) in [7, 11) is 0. The number of hydrogen-bond acceptors (Lipinski definition) is 2. The van der Waals surface area contributed by atoms with Crippen molar-refractivity contribution in [2.75, 3.05) is 19.6 Å². The van der Waals surface area contributed by atoms with Gasteiger partial charge in [-0.15, -0.1) is 0 Å². The lowest BCUT2D eigenvalue weighted by molar-refractivity contribution is 0.189. The molecule has 0 amide bonds. The number of nitrogens with two attached hydrogens (primary N) is 1. The summed E-state index contributed by atoms with van der Waals surface area (Å²) in [6.45, 7) is 4.64. The van der Waals surface area contributed by atoms with Gasteiger partial charge in [0.15, 0.2) is 0 Å². The highest BCUT2D eigenvalue weighted by Crippen LogP contribution is 2.33. The Morgan fingerprint density at radius 2 is 2.21 bits per heavy atom. The first kappa shape index (κ1) is 14.9. The van der Waals surface area contributed by atoms with Gasteiger partial charge in [0.1, 0.15) is 5.82 Å². The molecule has 0 bridgehead atoms. The summed E-state index contributed by atoms with van der Waals surface area (Å²) >= 11 is 3.42. The molecule has 0 radical (unpaired) electrons. The highest BCUT2D eigenvalue weighted by Gasteiger charge is 2.29. The van der Waals surface area contributed by atoms with Crippen LogP contribution in [0.4, 0.5) is 4.39 Å². The maximum absolute atomic E-state index is 14.1. The third-order valence-corrected chi connectivity index (χ3v) is 4.17. The molecule has 1 unspecified atom stereocenters. The van der Waals surface area contributed by atoms with Gasteiger partial charge >= 0.3 is 0 Å². The lowest BCUT2D eigenvalue weighted by Gasteiger charge is -2.31. The predicted molar refractivity (Wildman–Crippen MR) is 80.5 cm³/mol. The van der Waals surface area contributed by atoms with E-state index in [1.54, 1.807) is 6.07 Å². The molecule has 1 aromatic rings. The predicted octanol–water partition coefficient (Wildman–Crippen LogP) is 3.71. The molecular formula is C15H22BrFN2. The van der Waals surface area contributed by atoms with Gasteiger partial charge in [0.2, 0.25) is 0 Å².